The quantitative estimate of drug-likeness (QED) is 0.773. The zero-order chi connectivity index (χ0) is 15.8. The standard InChI is InChI=1S/C18H21FN2S/c1-2-14(11-15-7-4-3-5-8-15)13-20-18(22)21-17-10-6-9-16(19)12-17/h3-10,12,14H,2,11,13H2,1H3,(H2,20,21,22)/t14-/m1/s1. The fourth-order valence-corrected chi connectivity index (χ4v) is 2.49. The molecule has 0 unspecified atom stereocenters. The maximum Gasteiger partial charge on any atom is 0.170 e. The predicted octanol–water partition coefficient (Wildman–Crippen LogP) is 4.38. The maximum atomic E-state index is 13.1. The van der Waals surface area contributed by atoms with Crippen molar-refractivity contribution in [3.05, 3.63) is 66.0 Å². The van der Waals surface area contributed by atoms with Crippen molar-refractivity contribution >= 4 is 23.0 Å². The Morgan fingerprint density at radius 3 is 2.59 bits per heavy atom. The Labute approximate surface area is 136 Å². The van der Waals surface area contributed by atoms with E-state index < -0.39 is 0 Å². The highest BCUT2D eigenvalue weighted by molar-refractivity contribution is 7.80. The zero-order valence-corrected chi connectivity index (χ0v) is 13.5. The molecule has 2 rings (SSSR count). The average molecular weight is 316 g/mol. The van der Waals surface area contributed by atoms with Gasteiger partial charge in [0.2, 0.25) is 0 Å². The van der Waals surface area contributed by atoms with Gasteiger partial charge in [0.25, 0.3) is 0 Å². The van der Waals surface area contributed by atoms with E-state index >= 15 is 0 Å². The van der Waals surface area contributed by atoms with Gasteiger partial charge in [-0.05, 0) is 48.3 Å². The van der Waals surface area contributed by atoms with Crippen LogP contribution in [0.25, 0.3) is 0 Å². The lowest BCUT2D eigenvalue weighted by Crippen LogP contribution is -2.33. The molecule has 0 fully saturated rings. The molecule has 4 heteroatoms. The van der Waals surface area contributed by atoms with E-state index in [0.29, 0.717) is 16.7 Å². The van der Waals surface area contributed by atoms with E-state index in [0.717, 1.165) is 19.4 Å². The van der Waals surface area contributed by atoms with Crippen LogP contribution >= 0.6 is 12.2 Å². The van der Waals surface area contributed by atoms with Crippen LogP contribution in [0.15, 0.2) is 54.6 Å². The molecule has 0 aliphatic carbocycles. The molecule has 1 atom stereocenters. The monoisotopic (exact) mass is 316 g/mol. The minimum Gasteiger partial charge on any atom is -0.362 e. The zero-order valence-electron chi connectivity index (χ0n) is 12.7. The highest BCUT2D eigenvalue weighted by Gasteiger charge is 2.08. The second-order valence-corrected chi connectivity index (χ2v) is 5.72. The molecular formula is C18H21FN2S. The third-order valence-corrected chi connectivity index (χ3v) is 3.82. The molecule has 22 heavy (non-hydrogen) atoms. The third-order valence-electron chi connectivity index (χ3n) is 3.58. The fraction of sp³-hybridized carbons (Fsp3) is 0.278. The van der Waals surface area contributed by atoms with Crippen molar-refractivity contribution < 1.29 is 4.39 Å². The molecule has 0 saturated carbocycles. The molecule has 2 aromatic rings. The van der Waals surface area contributed by atoms with Crippen LogP contribution in [0.1, 0.15) is 18.9 Å². The summed E-state index contributed by atoms with van der Waals surface area (Å²) >= 11 is 5.27. The molecule has 0 heterocycles. The molecule has 0 bridgehead atoms. The van der Waals surface area contributed by atoms with E-state index in [1.807, 2.05) is 6.07 Å². The van der Waals surface area contributed by atoms with Gasteiger partial charge in [-0.3, -0.25) is 0 Å². The van der Waals surface area contributed by atoms with Crippen molar-refractivity contribution in [3.63, 3.8) is 0 Å². The number of nitrogens with one attached hydrogen (secondary N) is 2. The number of rotatable bonds is 6. The Balaban J connectivity index is 1.81. The van der Waals surface area contributed by atoms with Crippen LogP contribution in [-0.2, 0) is 6.42 Å². The number of hydrogen-bond donors (Lipinski definition) is 2. The van der Waals surface area contributed by atoms with Crippen molar-refractivity contribution in [2.45, 2.75) is 19.8 Å². The van der Waals surface area contributed by atoms with E-state index in [9.17, 15) is 4.39 Å². The van der Waals surface area contributed by atoms with Crippen LogP contribution in [0, 0.1) is 11.7 Å². The van der Waals surface area contributed by atoms with Gasteiger partial charge in [-0.1, -0.05) is 49.7 Å². The van der Waals surface area contributed by atoms with Crippen molar-refractivity contribution in [1.82, 2.24) is 5.32 Å². The van der Waals surface area contributed by atoms with E-state index in [2.05, 4.69) is 41.8 Å². The van der Waals surface area contributed by atoms with Crippen LogP contribution in [0.5, 0.6) is 0 Å². The Morgan fingerprint density at radius 2 is 1.91 bits per heavy atom. The minimum absolute atomic E-state index is 0.275. The summed E-state index contributed by atoms with van der Waals surface area (Å²) in [6, 6.07) is 16.7. The van der Waals surface area contributed by atoms with E-state index in [-0.39, 0.29) is 5.82 Å². The molecule has 0 aliphatic rings. The minimum atomic E-state index is -0.275. The van der Waals surface area contributed by atoms with E-state index in [4.69, 9.17) is 12.2 Å². The number of anilines is 1. The van der Waals surface area contributed by atoms with Crippen LogP contribution in [0.3, 0.4) is 0 Å². The largest absolute Gasteiger partial charge is 0.362 e. The first kappa shape index (κ1) is 16.4. The normalized spacial score (nSPS) is 11.7. The van der Waals surface area contributed by atoms with Crippen molar-refractivity contribution in [3.8, 4) is 0 Å². The number of benzene rings is 2. The van der Waals surface area contributed by atoms with Gasteiger partial charge in [0.1, 0.15) is 5.82 Å². The van der Waals surface area contributed by atoms with Gasteiger partial charge >= 0.3 is 0 Å². The summed E-state index contributed by atoms with van der Waals surface area (Å²) in [7, 11) is 0. The van der Waals surface area contributed by atoms with Crippen molar-refractivity contribution in [2.24, 2.45) is 5.92 Å². The Morgan fingerprint density at radius 1 is 1.14 bits per heavy atom. The topological polar surface area (TPSA) is 24.1 Å². The highest BCUT2D eigenvalue weighted by Crippen LogP contribution is 2.12. The van der Waals surface area contributed by atoms with Gasteiger partial charge in [-0.25, -0.2) is 4.39 Å². The number of halogens is 1. The molecule has 0 spiro atoms. The van der Waals surface area contributed by atoms with Crippen LogP contribution in [0.2, 0.25) is 0 Å². The second-order valence-electron chi connectivity index (χ2n) is 5.31. The van der Waals surface area contributed by atoms with Gasteiger partial charge in [0.15, 0.2) is 5.11 Å². The summed E-state index contributed by atoms with van der Waals surface area (Å²) in [5.74, 6) is 0.234. The van der Waals surface area contributed by atoms with Crippen molar-refractivity contribution in [2.75, 3.05) is 11.9 Å². The number of thiocarbonyl (C=S) groups is 1. The Kier molecular flexibility index (Phi) is 6.34. The molecule has 2 N–H and O–H groups in total. The second kappa shape index (κ2) is 8.49. The first-order valence-electron chi connectivity index (χ1n) is 7.51. The van der Waals surface area contributed by atoms with Gasteiger partial charge < -0.3 is 10.6 Å². The number of hydrogen-bond acceptors (Lipinski definition) is 1. The fourth-order valence-electron chi connectivity index (χ4n) is 2.29. The van der Waals surface area contributed by atoms with E-state index in [1.54, 1.807) is 12.1 Å². The lowest BCUT2D eigenvalue weighted by atomic mass is 9.97. The predicted molar refractivity (Wildman–Crippen MR) is 94.6 cm³/mol. The summed E-state index contributed by atoms with van der Waals surface area (Å²) in [6.45, 7) is 2.98. The molecule has 116 valence electrons. The van der Waals surface area contributed by atoms with Gasteiger partial charge in [0, 0.05) is 12.2 Å². The molecular weight excluding hydrogens is 295 g/mol. The molecule has 2 aromatic carbocycles. The first-order chi connectivity index (χ1) is 10.7. The SMILES string of the molecule is CC[C@@H](CNC(=S)Nc1cccc(F)c1)Cc1ccccc1. The first-order valence-corrected chi connectivity index (χ1v) is 7.92. The summed E-state index contributed by atoms with van der Waals surface area (Å²) in [6.07, 6.45) is 2.09. The summed E-state index contributed by atoms with van der Waals surface area (Å²) in [4.78, 5) is 0. The van der Waals surface area contributed by atoms with Crippen LogP contribution < -0.4 is 10.6 Å². The molecule has 0 amide bonds. The molecule has 0 aromatic heterocycles. The van der Waals surface area contributed by atoms with Gasteiger partial charge in [-0.2, -0.15) is 0 Å². The molecule has 0 radical (unpaired) electrons. The Bertz CT molecular complexity index is 601. The van der Waals surface area contributed by atoms with Crippen LogP contribution in [-0.4, -0.2) is 11.7 Å². The molecule has 2 nitrogen and oxygen atoms in total. The van der Waals surface area contributed by atoms with Gasteiger partial charge in [0.05, 0.1) is 0 Å². The maximum absolute atomic E-state index is 13.1. The smallest absolute Gasteiger partial charge is 0.170 e. The molecule has 0 saturated heterocycles. The van der Waals surface area contributed by atoms with Crippen LogP contribution in [0.4, 0.5) is 10.1 Å². The van der Waals surface area contributed by atoms with Gasteiger partial charge in [-0.15, -0.1) is 0 Å². The summed E-state index contributed by atoms with van der Waals surface area (Å²) in [5.41, 5.74) is 1.99. The summed E-state index contributed by atoms with van der Waals surface area (Å²) < 4.78 is 13.1. The average Bonchev–Trinajstić information content (AvgIpc) is 2.52. The molecule has 0 aliphatic heterocycles. The van der Waals surface area contributed by atoms with E-state index in [1.165, 1.54) is 17.7 Å². The highest BCUT2D eigenvalue weighted by atomic mass is 32.1. The summed E-state index contributed by atoms with van der Waals surface area (Å²) in [5, 5.41) is 6.75. The lowest BCUT2D eigenvalue weighted by molar-refractivity contribution is 0.498. The Hall–Kier alpha value is -1.94. The lowest BCUT2D eigenvalue weighted by Gasteiger charge is -2.17. The van der Waals surface area contributed by atoms with Crippen molar-refractivity contribution in [1.29, 1.82) is 0 Å². The third kappa shape index (κ3) is 5.45.